The average Bonchev–Trinajstić information content (AvgIpc) is 2.89. The van der Waals surface area contributed by atoms with Crippen molar-refractivity contribution in [2.24, 2.45) is 5.92 Å². The van der Waals surface area contributed by atoms with E-state index in [1.54, 1.807) is 0 Å². The topological polar surface area (TPSA) is 101 Å². The minimum atomic E-state index is -5.26. The largest absolute Gasteiger partial charge is 0.453 e. The van der Waals surface area contributed by atoms with Crippen molar-refractivity contribution in [1.82, 2.24) is 0 Å². The number of alkyl halides is 3. The van der Waals surface area contributed by atoms with E-state index in [0.29, 0.717) is 17.3 Å². The fraction of sp³-hybridized carbons (Fsp3) is 0.333. The van der Waals surface area contributed by atoms with Crippen molar-refractivity contribution < 1.29 is 25.8 Å². The fourth-order valence-electron chi connectivity index (χ4n) is 3.82. The number of halogens is 3. The van der Waals surface area contributed by atoms with Gasteiger partial charge in [0.1, 0.15) is 10.0 Å². The van der Waals surface area contributed by atoms with E-state index in [2.05, 4.69) is 33.9 Å². The van der Waals surface area contributed by atoms with Gasteiger partial charge in [-0.15, -0.1) is 0 Å². The molecule has 12 heteroatoms. The SMILES string of the molecule is CCCCC(CC)CNc1cc(Nc2ccccc2)cc(Nc2ccc(S(=O)(=O)[N-]S(=O)C(F)(F)F)cc2)c1. The molecule has 3 rings (SSSR count). The zero-order chi connectivity index (χ0) is 28.5. The molecule has 2 atom stereocenters. The molecular weight excluding hydrogens is 549 g/mol. The van der Waals surface area contributed by atoms with E-state index < -0.39 is 31.4 Å². The molecule has 2 unspecified atom stereocenters. The van der Waals surface area contributed by atoms with Gasteiger partial charge in [0.25, 0.3) is 0 Å². The van der Waals surface area contributed by atoms with Gasteiger partial charge in [0.2, 0.25) is 0 Å². The molecule has 0 amide bonds. The zero-order valence-corrected chi connectivity index (χ0v) is 23.3. The lowest BCUT2D eigenvalue weighted by molar-refractivity contribution is -0.0375. The average molecular weight is 582 g/mol. The predicted molar refractivity (Wildman–Crippen MR) is 152 cm³/mol. The van der Waals surface area contributed by atoms with Gasteiger partial charge in [-0.1, -0.05) is 51.3 Å². The van der Waals surface area contributed by atoms with Crippen LogP contribution < -0.4 is 16.0 Å². The second-order valence-electron chi connectivity index (χ2n) is 8.98. The molecule has 0 aromatic heterocycles. The quantitative estimate of drug-likeness (QED) is 0.178. The van der Waals surface area contributed by atoms with Crippen molar-refractivity contribution >= 4 is 49.4 Å². The minimum Gasteiger partial charge on any atom is -0.452 e. The fourth-order valence-corrected chi connectivity index (χ4v) is 5.69. The van der Waals surface area contributed by atoms with E-state index in [1.807, 2.05) is 48.5 Å². The number of hydrogen-bond donors (Lipinski definition) is 3. The number of rotatable bonds is 14. The highest BCUT2D eigenvalue weighted by atomic mass is 32.3. The summed E-state index contributed by atoms with van der Waals surface area (Å²) in [5.74, 6) is 0.540. The van der Waals surface area contributed by atoms with Gasteiger partial charge in [0.15, 0.2) is 0 Å². The van der Waals surface area contributed by atoms with E-state index in [0.717, 1.165) is 55.0 Å². The van der Waals surface area contributed by atoms with Gasteiger partial charge in [-0.3, -0.25) is 4.21 Å². The maximum atomic E-state index is 12.5. The maximum absolute atomic E-state index is 12.5. The first-order valence-corrected chi connectivity index (χ1v) is 15.1. The number of benzene rings is 3. The van der Waals surface area contributed by atoms with Crippen LogP contribution in [0.4, 0.5) is 41.6 Å². The highest BCUT2D eigenvalue weighted by Gasteiger charge is 2.32. The number of nitrogens with one attached hydrogen (secondary N) is 3. The van der Waals surface area contributed by atoms with Crippen molar-refractivity contribution in [3.05, 3.63) is 76.9 Å². The molecule has 0 aliphatic carbocycles. The third-order valence-corrected chi connectivity index (χ3v) is 8.53. The lowest BCUT2D eigenvalue weighted by Crippen LogP contribution is -2.17. The second-order valence-corrected chi connectivity index (χ2v) is 12.0. The van der Waals surface area contributed by atoms with Gasteiger partial charge < -0.3 is 20.1 Å². The van der Waals surface area contributed by atoms with Crippen molar-refractivity contribution in [2.45, 2.75) is 49.9 Å². The standard InChI is InChI=1S/C27H32F3N4O3S2/c1-3-5-9-20(4-2)19-31-23-16-24(32-21-10-7-6-8-11-21)18-25(17-23)33-22-12-14-26(15-13-22)39(36,37)34-38(35)27(28,29)30/h6-8,10-18,20,31-33H,3-5,9,19H2,1-2H3/q-1. The Labute approximate surface area is 230 Å². The predicted octanol–water partition coefficient (Wildman–Crippen LogP) is 8.05. The summed E-state index contributed by atoms with van der Waals surface area (Å²) in [4.78, 5) is -0.495. The Morgan fingerprint density at radius 2 is 1.41 bits per heavy atom. The van der Waals surface area contributed by atoms with Crippen molar-refractivity contribution in [3.63, 3.8) is 0 Å². The lowest BCUT2D eigenvalue weighted by atomic mass is 9.99. The lowest BCUT2D eigenvalue weighted by Gasteiger charge is -2.21. The van der Waals surface area contributed by atoms with Gasteiger partial charge in [-0.2, -0.15) is 13.2 Å². The highest BCUT2D eigenvalue weighted by Crippen LogP contribution is 2.31. The summed E-state index contributed by atoms with van der Waals surface area (Å²) in [6.45, 7) is 5.18. The summed E-state index contributed by atoms with van der Waals surface area (Å²) < 4.78 is 75.4. The summed E-state index contributed by atoms with van der Waals surface area (Å²) in [5.41, 5.74) is -1.43. The molecule has 0 aliphatic rings. The first kappa shape index (κ1) is 30.5. The highest BCUT2D eigenvalue weighted by molar-refractivity contribution is 8.09. The van der Waals surface area contributed by atoms with Crippen LogP contribution in [0.1, 0.15) is 39.5 Å². The molecule has 0 fully saturated rings. The Kier molecular flexibility index (Phi) is 10.8. The summed E-state index contributed by atoms with van der Waals surface area (Å²) >= 11 is 0. The van der Waals surface area contributed by atoms with Crippen molar-refractivity contribution in [1.29, 1.82) is 0 Å². The molecule has 3 aromatic carbocycles. The molecule has 39 heavy (non-hydrogen) atoms. The monoisotopic (exact) mass is 581 g/mol. The maximum Gasteiger partial charge on any atom is 0.453 e. The Morgan fingerprint density at radius 3 is 1.95 bits per heavy atom. The second kappa shape index (κ2) is 13.8. The van der Waals surface area contributed by atoms with E-state index in [9.17, 15) is 25.8 Å². The summed E-state index contributed by atoms with van der Waals surface area (Å²) in [6, 6.07) is 20.5. The van der Waals surface area contributed by atoms with Crippen LogP contribution in [0, 0.1) is 5.92 Å². The van der Waals surface area contributed by atoms with Crippen LogP contribution in [0.15, 0.2) is 77.7 Å². The van der Waals surface area contributed by atoms with E-state index in [-0.39, 0.29) is 0 Å². The number of nitrogens with zero attached hydrogens (tertiary/aromatic N) is 1. The van der Waals surface area contributed by atoms with Crippen LogP contribution in [0.2, 0.25) is 0 Å². The molecule has 212 valence electrons. The molecule has 7 nitrogen and oxygen atoms in total. The molecule has 0 aliphatic heterocycles. The molecule has 0 radical (unpaired) electrons. The van der Waals surface area contributed by atoms with Gasteiger partial charge in [0, 0.05) is 50.9 Å². The van der Waals surface area contributed by atoms with E-state index in [4.69, 9.17) is 0 Å². The van der Waals surface area contributed by atoms with Crippen LogP contribution in [0.25, 0.3) is 4.13 Å². The van der Waals surface area contributed by atoms with Gasteiger partial charge in [-0.05, 0) is 66.9 Å². The Hall–Kier alpha value is -3.09. The third-order valence-electron chi connectivity index (χ3n) is 5.94. The van der Waals surface area contributed by atoms with Crippen LogP contribution >= 0.6 is 0 Å². The number of hydrogen-bond acceptors (Lipinski definition) is 6. The van der Waals surface area contributed by atoms with Crippen LogP contribution in [0.5, 0.6) is 0 Å². The third kappa shape index (κ3) is 9.55. The molecule has 3 aromatic rings. The first-order valence-electron chi connectivity index (χ1n) is 12.5. The van der Waals surface area contributed by atoms with Crippen LogP contribution in [-0.4, -0.2) is 24.7 Å². The summed E-state index contributed by atoms with van der Waals surface area (Å²) in [6.07, 6.45) is 4.53. The van der Waals surface area contributed by atoms with Gasteiger partial charge in [-0.25, -0.2) is 8.42 Å². The molecule has 0 saturated heterocycles. The number of sulfonamides is 1. The van der Waals surface area contributed by atoms with E-state index >= 15 is 0 Å². The molecule has 3 N–H and O–H groups in total. The molecule has 0 spiro atoms. The molecule has 0 bridgehead atoms. The number of unbranched alkanes of at least 4 members (excludes halogenated alkanes) is 1. The van der Waals surface area contributed by atoms with E-state index in [1.165, 1.54) is 18.6 Å². The Bertz CT molecular complexity index is 1340. The Balaban J connectivity index is 1.80. The number of para-hydroxylation sites is 1. The summed E-state index contributed by atoms with van der Waals surface area (Å²) in [5, 5.41) is 10.1. The van der Waals surface area contributed by atoms with Crippen LogP contribution in [0.3, 0.4) is 0 Å². The zero-order valence-electron chi connectivity index (χ0n) is 21.7. The molecule has 0 heterocycles. The smallest absolute Gasteiger partial charge is 0.452 e. The normalized spacial score (nSPS) is 13.5. The molecular formula is C27H32F3N4O3S2-. The first-order chi connectivity index (χ1) is 18.5. The summed E-state index contributed by atoms with van der Waals surface area (Å²) in [7, 11) is -8.62. The minimum absolute atomic E-state index is 0.495. The Morgan fingerprint density at radius 1 is 0.846 bits per heavy atom. The van der Waals surface area contributed by atoms with Crippen LogP contribution in [-0.2, 0) is 21.0 Å². The van der Waals surface area contributed by atoms with Crippen molar-refractivity contribution in [3.8, 4) is 0 Å². The van der Waals surface area contributed by atoms with Crippen molar-refractivity contribution in [2.75, 3.05) is 22.5 Å². The van der Waals surface area contributed by atoms with Gasteiger partial charge >= 0.3 is 5.51 Å². The molecule has 0 saturated carbocycles. The van der Waals surface area contributed by atoms with Gasteiger partial charge in [0.05, 0.1) is 0 Å². The number of anilines is 5.